The van der Waals surface area contributed by atoms with E-state index >= 15 is 0 Å². The van der Waals surface area contributed by atoms with Crippen LogP contribution in [0.2, 0.25) is 0 Å². The van der Waals surface area contributed by atoms with Crippen molar-refractivity contribution in [3.05, 3.63) is 21.5 Å². The Morgan fingerprint density at radius 1 is 1.24 bits per heavy atom. The van der Waals surface area contributed by atoms with Crippen molar-refractivity contribution in [2.24, 2.45) is 5.41 Å². The molecule has 0 atom stereocenters. The van der Waals surface area contributed by atoms with E-state index in [-0.39, 0.29) is 5.41 Å². The third-order valence-electron chi connectivity index (χ3n) is 2.11. The molecule has 1 nitrogen and oxygen atoms in total. The lowest BCUT2D eigenvalue weighted by molar-refractivity contribution is 0.481. The molecular weight excluding hydrogens is 246 g/mol. The zero-order valence-electron chi connectivity index (χ0n) is 11.7. The summed E-state index contributed by atoms with van der Waals surface area (Å²) in [5.41, 5.74) is 1.72. The van der Waals surface area contributed by atoms with Crippen LogP contribution in [-0.4, -0.2) is 10.7 Å². The second-order valence-corrected chi connectivity index (χ2v) is 8.28. The van der Waals surface area contributed by atoms with Gasteiger partial charge in [-0.1, -0.05) is 41.5 Å². The van der Waals surface area contributed by atoms with Crippen LogP contribution in [-0.2, 0) is 5.41 Å². The van der Waals surface area contributed by atoms with Crippen LogP contribution in [0.1, 0.15) is 52.2 Å². The standard InChI is InChI=1S/C14H23NS2/c1-13(2,3)10-16-8-7-12-15-11(9-17-12)14(4,5)6/h7-9H,10H2,1-6H3/b8-7+. The first-order chi connectivity index (χ1) is 7.68. The van der Waals surface area contributed by atoms with Gasteiger partial charge in [-0.15, -0.1) is 23.1 Å². The van der Waals surface area contributed by atoms with Gasteiger partial charge in [-0.25, -0.2) is 4.98 Å². The molecule has 0 radical (unpaired) electrons. The zero-order chi connectivity index (χ0) is 13.1. The molecule has 0 aliphatic carbocycles. The van der Waals surface area contributed by atoms with E-state index in [9.17, 15) is 0 Å². The van der Waals surface area contributed by atoms with Crippen molar-refractivity contribution < 1.29 is 0 Å². The van der Waals surface area contributed by atoms with Gasteiger partial charge in [-0.2, -0.15) is 0 Å². The van der Waals surface area contributed by atoms with Crippen molar-refractivity contribution in [3.63, 3.8) is 0 Å². The molecule has 1 rings (SSSR count). The van der Waals surface area contributed by atoms with Gasteiger partial charge in [0.15, 0.2) is 0 Å². The summed E-state index contributed by atoms with van der Waals surface area (Å²) in [6.45, 7) is 13.4. The summed E-state index contributed by atoms with van der Waals surface area (Å²) in [6, 6.07) is 0. The molecule has 0 amide bonds. The fourth-order valence-corrected chi connectivity index (χ4v) is 2.96. The van der Waals surface area contributed by atoms with E-state index in [1.54, 1.807) is 11.3 Å². The van der Waals surface area contributed by atoms with Gasteiger partial charge in [-0.3, -0.25) is 0 Å². The van der Waals surface area contributed by atoms with E-state index in [1.165, 1.54) is 5.69 Å². The van der Waals surface area contributed by atoms with Crippen LogP contribution in [0.15, 0.2) is 10.8 Å². The van der Waals surface area contributed by atoms with Crippen LogP contribution in [0, 0.1) is 5.41 Å². The molecule has 0 aliphatic rings. The fraction of sp³-hybridized carbons (Fsp3) is 0.643. The first-order valence-corrected chi connectivity index (χ1v) is 7.85. The van der Waals surface area contributed by atoms with Crippen LogP contribution >= 0.6 is 23.1 Å². The molecule has 1 aromatic rings. The molecule has 96 valence electrons. The molecule has 0 aliphatic heterocycles. The summed E-state index contributed by atoms with van der Waals surface area (Å²) >= 11 is 3.58. The second kappa shape index (κ2) is 5.57. The predicted octanol–water partition coefficient (Wildman–Crippen LogP) is 5.19. The van der Waals surface area contributed by atoms with Crippen LogP contribution in [0.4, 0.5) is 0 Å². The highest BCUT2D eigenvalue weighted by atomic mass is 32.2. The first-order valence-electron chi connectivity index (χ1n) is 5.93. The van der Waals surface area contributed by atoms with Crippen molar-refractivity contribution in [2.45, 2.75) is 47.0 Å². The number of aromatic nitrogens is 1. The van der Waals surface area contributed by atoms with Crippen LogP contribution in [0.5, 0.6) is 0 Å². The molecule has 0 saturated heterocycles. The minimum atomic E-state index is 0.154. The number of hydrogen-bond donors (Lipinski definition) is 0. The Hall–Kier alpha value is -0.280. The lowest BCUT2D eigenvalue weighted by Crippen LogP contribution is -2.11. The van der Waals surface area contributed by atoms with Crippen molar-refractivity contribution in [3.8, 4) is 0 Å². The largest absolute Gasteiger partial charge is 0.241 e. The summed E-state index contributed by atoms with van der Waals surface area (Å²) < 4.78 is 0. The molecule has 1 aromatic heterocycles. The molecule has 0 aromatic carbocycles. The highest BCUT2D eigenvalue weighted by Gasteiger charge is 2.16. The smallest absolute Gasteiger partial charge is 0.116 e. The van der Waals surface area contributed by atoms with Crippen molar-refractivity contribution >= 4 is 29.2 Å². The van der Waals surface area contributed by atoms with Gasteiger partial charge in [0.2, 0.25) is 0 Å². The SMILES string of the molecule is CC(C)(C)CS/C=C/c1nc(C(C)(C)C)cs1. The molecule has 3 heteroatoms. The molecule has 0 N–H and O–H groups in total. The molecule has 0 fully saturated rings. The quantitative estimate of drug-likeness (QED) is 0.749. The van der Waals surface area contributed by atoms with E-state index in [0.717, 1.165) is 10.8 Å². The Morgan fingerprint density at radius 3 is 2.35 bits per heavy atom. The van der Waals surface area contributed by atoms with Gasteiger partial charge in [-0.05, 0) is 16.9 Å². The van der Waals surface area contributed by atoms with Crippen molar-refractivity contribution in [1.29, 1.82) is 0 Å². The average Bonchev–Trinajstić information content (AvgIpc) is 2.58. The molecule has 0 unspecified atom stereocenters. The minimum Gasteiger partial charge on any atom is -0.241 e. The van der Waals surface area contributed by atoms with E-state index in [1.807, 2.05) is 11.8 Å². The lowest BCUT2D eigenvalue weighted by atomic mass is 9.93. The third-order valence-corrected chi connectivity index (χ3v) is 4.28. The maximum atomic E-state index is 4.63. The molecular formula is C14H23NS2. The topological polar surface area (TPSA) is 12.9 Å². The Labute approximate surface area is 114 Å². The highest BCUT2D eigenvalue weighted by molar-refractivity contribution is 8.02. The number of thiazole rings is 1. The van der Waals surface area contributed by atoms with Gasteiger partial charge < -0.3 is 0 Å². The number of hydrogen-bond acceptors (Lipinski definition) is 3. The van der Waals surface area contributed by atoms with E-state index in [2.05, 4.69) is 63.4 Å². The normalized spacial score (nSPS) is 13.5. The monoisotopic (exact) mass is 269 g/mol. The van der Waals surface area contributed by atoms with Crippen LogP contribution < -0.4 is 0 Å². The van der Waals surface area contributed by atoms with Gasteiger partial charge in [0.25, 0.3) is 0 Å². The Bertz CT molecular complexity index is 378. The van der Waals surface area contributed by atoms with Gasteiger partial charge in [0.05, 0.1) is 5.69 Å². The van der Waals surface area contributed by atoms with Crippen LogP contribution in [0.25, 0.3) is 6.08 Å². The number of thioether (sulfide) groups is 1. The molecule has 1 heterocycles. The summed E-state index contributed by atoms with van der Waals surface area (Å²) in [5, 5.41) is 5.43. The summed E-state index contributed by atoms with van der Waals surface area (Å²) in [4.78, 5) is 4.63. The van der Waals surface area contributed by atoms with E-state index in [4.69, 9.17) is 0 Å². The Balaban J connectivity index is 2.53. The van der Waals surface area contributed by atoms with Crippen molar-refractivity contribution in [2.75, 3.05) is 5.75 Å². The lowest BCUT2D eigenvalue weighted by Gasteiger charge is -2.15. The zero-order valence-corrected chi connectivity index (χ0v) is 13.3. The molecule has 0 saturated carbocycles. The Kier molecular flexibility index (Phi) is 4.85. The summed E-state index contributed by atoms with van der Waals surface area (Å²) in [7, 11) is 0. The summed E-state index contributed by atoms with van der Waals surface area (Å²) in [6.07, 6.45) is 2.12. The maximum absolute atomic E-state index is 4.63. The highest BCUT2D eigenvalue weighted by Crippen LogP contribution is 2.26. The third kappa shape index (κ3) is 5.73. The second-order valence-electron chi connectivity index (χ2n) is 6.50. The summed E-state index contributed by atoms with van der Waals surface area (Å²) in [5.74, 6) is 1.14. The van der Waals surface area contributed by atoms with Gasteiger partial charge >= 0.3 is 0 Å². The molecule has 17 heavy (non-hydrogen) atoms. The number of nitrogens with zero attached hydrogens (tertiary/aromatic N) is 1. The van der Waals surface area contributed by atoms with Gasteiger partial charge in [0, 0.05) is 16.5 Å². The maximum Gasteiger partial charge on any atom is 0.116 e. The predicted molar refractivity (Wildman–Crippen MR) is 81.8 cm³/mol. The van der Waals surface area contributed by atoms with Gasteiger partial charge in [0.1, 0.15) is 5.01 Å². The Morgan fingerprint density at radius 2 is 1.88 bits per heavy atom. The van der Waals surface area contributed by atoms with E-state index < -0.39 is 0 Å². The molecule has 0 bridgehead atoms. The average molecular weight is 269 g/mol. The van der Waals surface area contributed by atoms with Crippen LogP contribution in [0.3, 0.4) is 0 Å². The van der Waals surface area contributed by atoms with Crippen molar-refractivity contribution in [1.82, 2.24) is 4.98 Å². The number of rotatable bonds is 3. The fourth-order valence-electron chi connectivity index (χ4n) is 1.11. The van der Waals surface area contributed by atoms with E-state index in [0.29, 0.717) is 5.41 Å². The molecule has 0 spiro atoms. The first kappa shape index (κ1) is 14.8. The minimum absolute atomic E-state index is 0.154.